The van der Waals surface area contributed by atoms with Crippen molar-refractivity contribution < 1.29 is 23.1 Å². The number of nitrogens with one attached hydrogen (secondary N) is 1. The second-order valence-electron chi connectivity index (χ2n) is 3.62. The molecule has 1 atom stereocenters. The largest absolute Gasteiger partial charge is 0.481 e. The first kappa shape index (κ1) is 11.6. The summed E-state index contributed by atoms with van der Waals surface area (Å²) < 4.78 is 24.1. The van der Waals surface area contributed by atoms with Crippen molar-refractivity contribution in [3.63, 3.8) is 0 Å². The number of para-hydroxylation sites is 1. The molecule has 1 aromatic carbocycles. The summed E-state index contributed by atoms with van der Waals surface area (Å²) in [7, 11) is -3.92. The summed E-state index contributed by atoms with van der Waals surface area (Å²) in [5, 5.41) is 9.45. The first-order valence-electron chi connectivity index (χ1n) is 4.78. The fraction of sp³-hybridized carbons (Fsp3) is 0.200. The molecule has 6 nitrogen and oxygen atoms in total. The number of aliphatic carboxylic acids is 1. The van der Waals surface area contributed by atoms with E-state index in [0.717, 1.165) is 0 Å². The molecular formula is C10H9NO5S. The van der Waals surface area contributed by atoms with Gasteiger partial charge in [-0.15, -0.1) is 0 Å². The van der Waals surface area contributed by atoms with Crippen LogP contribution in [0.15, 0.2) is 29.2 Å². The lowest BCUT2D eigenvalue weighted by molar-refractivity contribution is -0.138. The molecule has 0 radical (unpaired) electrons. The molecule has 2 N–H and O–H groups in total. The van der Waals surface area contributed by atoms with E-state index < -0.39 is 33.4 Å². The van der Waals surface area contributed by atoms with E-state index in [1.165, 1.54) is 18.2 Å². The standard InChI is InChI=1S/C10H9NO5S/c12-9(13)5-8-10(14)11-6-3-1-2-4-7(6)17(8,15)16/h1-4,8H,5H2,(H,11,14)(H,12,13). The van der Waals surface area contributed by atoms with Crippen LogP contribution in [0.4, 0.5) is 5.69 Å². The highest BCUT2D eigenvalue weighted by atomic mass is 32.2. The first-order valence-corrected chi connectivity index (χ1v) is 6.33. The highest BCUT2D eigenvalue weighted by Gasteiger charge is 2.41. The summed E-state index contributed by atoms with van der Waals surface area (Å²) in [6.07, 6.45) is -0.734. The molecule has 2 rings (SSSR count). The normalized spacial score (nSPS) is 21.4. The third-order valence-electron chi connectivity index (χ3n) is 2.48. The summed E-state index contributed by atoms with van der Waals surface area (Å²) in [6.45, 7) is 0. The fourth-order valence-electron chi connectivity index (χ4n) is 1.69. The van der Waals surface area contributed by atoms with Gasteiger partial charge in [-0.1, -0.05) is 12.1 Å². The average molecular weight is 255 g/mol. The highest BCUT2D eigenvalue weighted by Crippen LogP contribution is 2.31. The molecule has 0 aliphatic carbocycles. The molecule has 90 valence electrons. The summed E-state index contributed by atoms with van der Waals surface area (Å²) in [5.41, 5.74) is 0.194. The number of carboxylic acid groups (broad SMARTS) is 1. The predicted molar refractivity (Wildman–Crippen MR) is 58.3 cm³/mol. The van der Waals surface area contributed by atoms with Gasteiger partial charge < -0.3 is 10.4 Å². The Labute approximate surface area is 97.2 Å². The SMILES string of the molecule is O=C(O)CC1C(=O)Nc2ccccc2S1(=O)=O. The molecule has 0 saturated heterocycles. The molecule has 17 heavy (non-hydrogen) atoms. The van der Waals surface area contributed by atoms with Crippen LogP contribution in [0.5, 0.6) is 0 Å². The van der Waals surface area contributed by atoms with Gasteiger partial charge >= 0.3 is 5.97 Å². The van der Waals surface area contributed by atoms with Gasteiger partial charge in [0.2, 0.25) is 5.91 Å². The number of fused-ring (bicyclic) bond motifs is 1. The summed E-state index contributed by atoms with van der Waals surface area (Å²) in [6, 6.07) is 5.92. The van der Waals surface area contributed by atoms with E-state index in [1.807, 2.05) is 0 Å². The van der Waals surface area contributed by atoms with Gasteiger partial charge in [-0.3, -0.25) is 9.59 Å². The Kier molecular flexibility index (Phi) is 2.62. The molecule has 1 heterocycles. The van der Waals surface area contributed by atoms with E-state index in [4.69, 9.17) is 5.11 Å². The lowest BCUT2D eigenvalue weighted by Crippen LogP contribution is -2.41. The van der Waals surface area contributed by atoms with Crippen LogP contribution in [-0.4, -0.2) is 30.7 Å². The van der Waals surface area contributed by atoms with Crippen LogP contribution >= 0.6 is 0 Å². The Morgan fingerprint density at radius 3 is 2.65 bits per heavy atom. The maximum atomic E-state index is 12.0. The number of hydrogen-bond acceptors (Lipinski definition) is 4. The van der Waals surface area contributed by atoms with Gasteiger partial charge in [0.1, 0.15) is 0 Å². The van der Waals surface area contributed by atoms with Crippen molar-refractivity contribution in [1.29, 1.82) is 0 Å². The van der Waals surface area contributed by atoms with Gasteiger partial charge in [0.15, 0.2) is 15.1 Å². The Bertz CT molecular complexity index is 592. The van der Waals surface area contributed by atoms with Gasteiger partial charge in [0, 0.05) is 0 Å². The number of hydrogen-bond donors (Lipinski definition) is 2. The van der Waals surface area contributed by atoms with Crippen molar-refractivity contribution in [3.8, 4) is 0 Å². The van der Waals surface area contributed by atoms with Crippen LogP contribution in [0.1, 0.15) is 6.42 Å². The summed E-state index contributed by atoms with van der Waals surface area (Å²) >= 11 is 0. The lowest BCUT2D eigenvalue weighted by Gasteiger charge is -2.23. The Hall–Kier alpha value is -1.89. The molecule has 1 aliphatic rings. The number of benzene rings is 1. The van der Waals surface area contributed by atoms with Crippen molar-refractivity contribution in [2.75, 3.05) is 5.32 Å². The monoisotopic (exact) mass is 255 g/mol. The van der Waals surface area contributed by atoms with Gasteiger partial charge in [-0.05, 0) is 12.1 Å². The zero-order valence-corrected chi connectivity index (χ0v) is 9.40. The molecule has 7 heteroatoms. The smallest absolute Gasteiger partial charge is 0.305 e. The second kappa shape index (κ2) is 3.85. The summed E-state index contributed by atoms with van der Waals surface area (Å²) in [4.78, 5) is 22.1. The Balaban J connectivity index is 2.55. The van der Waals surface area contributed by atoms with Gasteiger partial charge in [0.25, 0.3) is 0 Å². The zero-order valence-electron chi connectivity index (χ0n) is 8.58. The number of carboxylic acids is 1. The maximum Gasteiger partial charge on any atom is 0.305 e. The topological polar surface area (TPSA) is 101 Å². The van der Waals surface area contributed by atoms with Crippen LogP contribution in [0, 0.1) is 0 Å². The molecule has 1 unspecified atom stereocenters. The van der Waals surface area contributed by atoms with Crippen LogP contribution in [-0.2, 0) is 19.4 Å². The molecule has 0 aromatic heterocycles. The minimum absolute atomic E-state index is 0.0362. The van der Waals surface area contributed by atoms with Crippen molar-refractivity contribution in [3.05, 3.63) is 24.3 Å². The molecule has 0 spiro atoms. The van der Waals surface area contributed by atoms with E-state index >= 15 is 0 Å². The molecule has 1 aliphatic heterocycles. The van der Waals surface area contributed by atoms with Gasteiger partial charge in [0.05, 0.1) is 17.0 Å². The number of carbonyl (C=O) groups excluding carboxylic acids is 1. The number of sulfone groups is 1. The van der Waals surface area contributed by atoms with E-state index in [-0.39, 0.29) is 10.6 Å². The Morgan fingerprint density at radius 2 is 2.00 bits per heavy atom. The number of rotatable bonds is 2. The predicted octanol–water partition coefficient (Wildman–Crippen LogP) is 0.256. The number of anilines is 1. The van der Waals surface area contributed by atoms with E-state index in [1.54, 1.807) is 6.07 Å². The molecule has 0 saturated carbocycles. The fourth-order valence-corrected chi connectivity index (χ4v) is 3.39. The van der Waals surface area contributed by atoms with E-state index in [2.05, 4.69) is 5.32 Å². The van der Waals surface area contributed by atoms with E-state index in [0.29, 0.717) is 0 Å². The molecule has 0 bridgehead atoms. The van der Waals surface area contributed by atoms with Crippen molar-refractivity contribution in [2.45, 2.75) is 16.6 Å². The van der Waals surface area contributed by atoms with E-state index in [9.17, 15) is 18.0 Å². The Morgan fingerprint density at radius 1 is 1.35 bits per heavy atom. The van der Waals surface area contributed by atoms with Crippen LogP contribution < -0.4 is 5.32 Å². The lowest BCUT2D eigenvalue weighted by atomic mass is 10.2. The van der Waals surface area contributed by atoms with Gasteiger partial charge in [-0.2, -0.15) is 0 Å². The molecule has 1 aromatic rings. The summed E-state index contributed by atoms with van der Waals surface area (Å²) in [5.74, 6) is -2.13. The molecular weight excluding hydrogens is 246 g/mol. The second-order valence-corrected chi connectivity index (χ2v) is 5.72. The zero-order chi connectivity index (χ0) is 12.6. The van der Waals surface area contributed by atoms with Crippen LogP contribution in [0.25, 0.3) is 0 Å². The minimum Gasteiger partial charge on any atom is -0.481 e. The van der Waals surface area contributed by atoms with Crippen LogP contribution in [0.2, 0.25) is 0 Å². The highest BCUT2D eigenvalue weighted by molar-refractivity contribution is 7.93. The quantitative estimate of drug-likeness (QED) is 0.789. The molecule has 0 fully saturated rings. The van der Waals surface area contributed by atoms with Crippen LogP contribution in [0.3, 0.4) is 0 Å². The van der Waals surface area contributed by atoms with Gasteiger partial charge in [-0.25, -0.2) is 8.42 Å². The minimum atomic E-state index is -3.92. The van der Waals surface area contributed by atoms with Crippen molar-refractivity contribution in [2.24, 2.45) is 0 Å². The number of carbonyl (C=O) groups is 2. The first-order chi connectivity index (χ1) is 7.93. The average Bonchev–Trinajstić information content (AvgIpc) is 2.24. The third-order valence-corrected chi connectivity index (χ3v) is 4.58. The third kappa shape index (κ3) is 1.89. The maximum absolute atomic E-state index is 12.0. The van der Waals surface area contributed by atoms with Crippen molar-refractivity contribution in [1.82, 2.24) is 0 Å². The molecule has 1 amide bonds. The van der Waals surface area contributed by atoms with Crippen molar-refractivity contribution >= 4 is 27.4 Å². The number of amides is 1.